The van der Waals surface area contributed by atoms with Crippen LogP contribution in [-0.4, -0.2) is 19.5 Å². The molecule has 0 amide bonds. The Hall–Kier alpha value is -1.05. The molecule has 0 aliphatic carbocycles. The first kappa shape index (κ1) is 12.0. The third-order valence-corrected chi connectivity index (χ3v) is 2.98. The molecule has 15 heavy (non-hydrogen) atoms. The number of hydrogen-bond acceptors (Lipinski definition) is 3. The van der Waals surface area contributed by atoms with Crippen molar-refractivity contribution < 1.29 is 9.13 Å². The zero-order chi connectivity index (χ0) is 11.1. The van der Waals surface area contributed by atoms with E-state index in [1.807, 2.05) is 6.07 Å². The lowest BCUT2D eigenvalue weighted by Gasteiger charge is -2.03. The summed E-state index contributed by atoms with van der Waals surface area (Å²) in [5, 5.41) is 8.77. The van der Waals surface area contributed by atoms with Gasteiger partial charge in [-0.3, -0.25) is 0 Å². The average Bonchev–Trinajstić information content (AvgIpc) is 2.24. The Balaban J connectivity index is 2.61. The van der Waals surface area contributed by atoms with E-state index in [9.17, 15) is 4.39 Å². The highest BCUT2D eigenvalue weighted by Gasteiger charge is 2.07. The van der Waals surface area contributed by atoms with E-state index in [2.05, 4.69) is 0 Å². The number of halogens is 1. The minimum Gasteiger partial charge on any atom is -0.385 e. The largest absolute Gasteiger partial charge is 0.385 e. The van der Waals surface area contributed by atoms with Crippen LogP contribution in [0.5, 0.6) is 0 Å². The fourth-order valence-corrected chi connectivity index (χ4v) is 2.06. The number of hydrogen-bond donors (Lipinski definition) is 0. The number of nitriles is 1. The normalized spacial score (nSPS) is 9.93. The second kappa shape index (κ2) is 6.44. The molecule has 2 nitrogen and oxygen atoms in total. The van der Waals surface area contributed by atoms with E-state index < -0.39 is 5.82 Å². The number of methoxy groups -OCH3 is 1. The molecule has 0 radical (unpaired) electrons. The maximum atomic E-state index is 13.2. The Labute approximate surface area is 93.1 Å². The van der Waals surface area contributed by atoms with Crippen molar-refractivity contribution in [3.63, 3.8) is 0 Å². The van der Waals surface area contributed by atoms with Gasteiger partial charge in [0, 0.05) is 24.4 Å². The molecule has 0 fully saturated rings. The Morgan fingerprint density at radius 3 is 3.00 bits per heavy atom. The SMILES string of the molecule is COCCCSc1cccc(F)c1C#N. The molecular formula is C11H12FNOS. The first-order chi connectivity index (χ1) is 7.29. The molecule has 0 aliphatic heterocycles. The topological polar surface area (TPSA) is 33.0 Å². The van der Waals surface area contributed by atoms with E-state index in [1.165, 1.54) is 17.8 Å². The summed E-state index contributed by atoms with van der Waals surface area (Å²) >= 11 is 1.48. The van der Waals surface area contributed by atoms with E-state index in [4.69, 9.17) is 10.00 Å². The summed E-state index contributed by atoms with van der Waals surface area (Å²) in [5.41, 5.74) is 0.139. The molecule has 1 rings (SSSR count). The van der Waals surface area contributed by atoms with Crippen molar-refractivity contribution in [3.05, 3.63) is 29.6 Å². The van der Waals surface area contributed by atoms with Gasteiger partial charge in [0.2, 0.25) is 0 Å². The smallest absolute Gasteiger partial charge is 0.142 e. The van der Waals surface area contributed by atoms with Gasteiger partial charge in [-0.15, -0.1) is 11.8 Å². The molecule has 0 aliphatic rings. The summed E-state index contributed by atoms with van der Waals surface area (Å²) < 4.78 is 18.1. The number of benzene rings is 1. The van der Waals surface area contributed by atoms with Gasteiger partial charge in [0.05, 0.1) is 0 Å². The summed E-state index contributed by atoms with van der Waals surface area (Å²) in [6.45, 7) is 0.685. The molecular weight excluding hydrogens is 213 g/mol. The van der Waals surface area contributed by atoms with Crippen molar-refractivity contribution in [2.45, 2.75) is 11.3 Å². The fourth-order valence-electron chi connectivity index (χ4n) is 1.12. The number of rotatable bonds is 5. The Kier molecular flexibility index (Phi) is 5.16. The van der Waals surface area contributed by atoms with E-state index in [0.29, 0.717) is 11.5 Å². The van der Waals surface area contributed by atoms with Gasteiger partial charge in [-0.1, -0.05) is 6.07 Å². The molecule has 0 atom stereocenters. The van der Waals surface area contributed by atoms with Gasteiger partial charge in [-0.05, 0) is 18.6 Å². The standard InChI is InChI=1S/C11H12FNOS/c1-14-6-3-7-15-11-5-2-4-10(12)9(11)8-13/h2,4-5H,3,6-7H2,1H3. The van der Waals surface area contributed by atoms with E-state index in [-0.39, 0.29) is 5.56 Å². The molecule has 0 N–H and O–H groups in total. The predicted molar refractivity (Wildman–Crippen MR) is 58.3 cm³/mol. The highest BCUT2D eigenvalue weighted by molar-refractivity contribution is 7.99. The van der Waals surface area contributed by atoms with Crippen molar-refractivity contribution in [1.82, 2.24) is 0 Å². The quantitative estimate of drug-likeness (QED) is 0.570. The second-order valence-corrected chi connectivity index (χ2v) is 4.06. The molecule has 0 saturated carbocycles. The molecule has 0 spiro atoms. The van der Waals surface area contributed by atoms with Crippen molar-refractivity contribution in [3.8, 4) is 6.07 Å². The fraction of sp³-hybridized carbons (Fsp3) is 0.364. The summed E-state index contributed by atoms with van der Waals surface area (Å²) in [6, 6.07) is 6.56. The van der Waals surface area contributed by atoms with Crippen molar-refractivity contribution in [2.24, 2.45) is 0 Å². The average molecular weight is 225 g/mol. The maximum absolute atomic E-state index is 13.2. The first-order valence-electron chi connectivity index (χ1n) is 4.60. The van der Waals surface area contributed by atoms with Gasteiger partial charge in [-0.2, -0.15) is 5.26 Å². The third-order valence-electron chi connectivity index (χ3n) is 1.84. The lowest BCUT2D eigenvalue weighted by Crippen LogP contribution is -1.92. The number of ether oxygens (including phenoxy) is 1. The summed E-state index contributed by atoms with van der Waals surface area (Å²) in [6.07, 6.45) is 0.891. The maximum Gasteiger partial charge on any atom is 0.142 e. The zero-order valence-corrected chi connectivity index (χ0v) is 9.31. The van der Waals surface area contributed by atoms with Gasteiger partial charge in [-0.25, -0.2) is 4.39 Å². The van der Waals surface area contributed by atoms with Crippen LogP contribution in [0.2, 0.25) is 0 Å². The van der Waals surface area contributed by atoms with Crippen LogP contribution in [0.25, 0.3) is 0 Å². The molecule has 0 bridgehead atoms. The molecule has 1 aromatic rings. The van der Waals surface area contributed by atoms with Crippen LogP contribution in [0.3, 0.4) is 0 Å². The summed E-state index contributed by atoms with van der Waals surface area (Å²) in [4.78, 5) is 0.702. The van der Waals surface area contributed by atoms with Crippen LogP contribution in [0, 0.1) is 17.1 Å². The monoisotopic (exact) mass is 225 g/mol. The molecule has 0 saturated heterocycles. The molecule has 0 aromatic heterocycles. The van der Waals surface area contributed by atoms with Gasteiger partial charge < -0.3 is 4.74 Å². The molecule has 1 aromatic carbocycles. The van der Waals surface area contributed by atoms with Crippen molar-refractivity contribution in [1.29, 1.82) is 5.26 Å². The van der Waals surface area contributed by atoms with Crippen LogP contribution in [0.4, 0.5) is 4.39 Å². The van der Waals surface area contributed by atoms with E-state index in [0.717, 1.165) is 12.2 Å². The van der Waals surface area contributed by atoms with Crippen LogP contribution in [0.1, 0.15) is 12.0 Å². The molecule has 0 unspecified atom stereocenters. The van der Waals surface area contributed by atoms with Crippen LogP contribution in [-0.2, 0) is 4.74 Å². The second-order valence-electron chi connectivity index (χ2n) is 2.92. The van der Waals surface area contributed by atoms with Crippen molar-refractivity contribution >= 4 is 11.8 Å². The summed E-state index contributed by atoms with van der Waals surface area (Å²) in [5.74, 6) is 0.376. The molecule has 0 heterocycles. The van der Waals surface area contributed by atoms with Gasteiger partial charge in [0.15, 0.2) is 0 Å². The third kappa shape index (κ3) is 3.54. The Bertz CT molecular complexity index is 362. The number of nitrogens with zero attached hydrogens (tertiary/aromatic N) is 1. The summed E-state index contributed by atoms with van der Waals surface area (Å²) in [7, 11) is 1.65. The van der Waals surface area contributed by atoms with Crippen LogP contribution in [0.15, 0.2) is 23.1 Å². The van der Waals surface area contributed by atoms with E-state index in [1.54, 1.807) is 19.2 Å². The molecule has 4 heteroatoms. The highest BCUT2D eigenvalue weighted by Crippen LogP contribution is 2.24. The lowest BCUT2D eigenvalue weighted by atomic mass is 10.2. The first-order valence-corrected chi connectivity index (χ1v) is 5.58. The van der Waals surface area contributed by atoms with Gasteiger partial charge in [0.1, 0.15) is 17.4 Å². The highest BCUT2D eigenvalue weighted by atomic mass is 32.2. The number of thioether (sulfide) groups is 1. The van der Waals surface area contributed by atoms with Crippen LogP contribution >= 0.6 is 11.8 Å². The minimum absolute atomic E-state index is 0.139. The van der Waals surface area contributed by atoms with E-state index >= 15 is 0 Å². The minimum atomic E-state index is -0.450. The van der Waals surface area contributed by atoms with Gasteiger partial charge >= 0.3 is 0 Å². The Morgan fingerprint density at radius 1 is 1.53 bits per heavy atom. The lowest BCUT2D eigenvalue weighted by molar-refractivity contribution is 0.200. The zero-order valence-electron chi connectivity index (χ0n) is 8.50. The Morgan fingerprint density at radius 2 is 2.33 bits per heavy atom. The van der Waals surface area contributed by atoms with Crippen LogP contribution < -0.4 is 0 Å². The molecule has 80 valence electrons. The van der Waals surface area contributed by atoms with Crippen molar-refractivity contribution in [2.75, 3.05) is 19.5 Å². The van der Waals surface area contributed by atoms with Gasteiger partial charge in [0.25, 0.3) is 0 Å². The predicted octanol–water partition coefficient (Wildman–Crippen LogP) is 2.83.